The van der Waals surface area contributed by atoms with Gasteiger partial charge >= 0.3 is 5.97 Å². The van der Waals surface area contributed by atoms with Gasteiger partial charge in [-0.1, -0.05) is 89.7 Å². The van der Waals surface area contributed by atoms with Crippen LogP contribution in [0, 0.1) is 0 Å². The van der Waals surface area contributed by atoms with Gasteiger partial charge in [0.1, 0.15) is 6.61 Å². The standard InChI is InChI=1S/C23H44O2S/c1-2-3-4-5-6-7-8-9-10-11-12-13-14-15-16-17-18-19-20-23(24)25-21-22-26/h7-8,26H,2-6,9-22H2,1H3/b8-7+. The van der Waals surface area contributed by atoms with Crippen LogP contribution >= 0.6 is 12.6 Å². The van der Waals surface area contributed by atoms with Crippen LogP contribution < -0.4 is 0 Å². The first-order valence-electron chi connectivity index (χ1n) is 11.2. The van der Waals surface area contributed by atoms with E-state index in [0.717, 1.165) is 12.8 Å². The van der Waals surface area contributed by atoms with Crippen LogP contribution in [0.15, 0.2) is 12.2 Å². The minimum Gasteiger partial charge on any atom is -0.465 e. The molecule has 2 nitrogen and oxygen atoms in total. The molecule has 0 rings (SSSR count). The van der Waals surface area contributed by atoms with Gasteiger partial charge in [-0.05, 0) is 32.1 Å². The SMILES string of the molecule is CCCCCC/C=C/CCCCCCCCCCCCC(=O)OCCS. The summed E-state index contributed by atoms with van der Waals surface area (Å²) < 4.78 is 5.00. The highest BCUT2D eigenvalue weighted by Crippen LogP contribution is 2.12. The van der Waals surface area contributed by atoms with Gasteiger partial charge in [-0.3, -0.25) is 4.79 Å². The first kappa shape index (κ1) is 25.6. The third-order valence-electron chi connectivity index (χ3n) is 4.75. The maximum atomic E-state index is 11.3. The Morgan fingerprint density at radius 2 is 1.19 bits per heavy atom. The molecule has 0 unspecified atom stereocenters. The van der Waals surface area contributed by atoms with Crippen LogP contribution in [0.3, 0.4) is 0 Å². The Bertz CT molecular complexity index is 315. The molecule has 0 aromatic carbocycles. The van der Waals surface area contributed by atoms with Crippen LogP contribution in [-0.4, -0.2) is 18.3 Å². The number of carbonyl (C=O) groups is 1. The lowest BCUT2D eigenvalue weighted by atomic mass is 10.0. The van der Waals surface area contributed by atoms with Crippen molar-refractivity contribution in [1.82, 2.24) is 0 Å². The molecular formula is C23H44O2S. The fourth-order valence-corrected chi connectivity index (χ4v) is 3.19. The average molecular weight is 385 g/mol. The zero-order chi connectivity index (χ0) is 19.1. The van der Waals surface area contributed by atoms with E-state index in [1.54, 1.807) is 0 Å². The third kappa shape index (κ3) is 21.6. The van der Waals surface area contributed by atoms with E-state index in [1.165, 1.54) is 89.9 Å². The van der Waals surface area contributed by atoms with E-state index in [-0.39, 0.29) is 5.97 Å². The molecule has 0 spiro atoms. The molecular weight excluding hydrogens is 340 g/mol. The summed E-state index contributed by atoms with van der Waals surface area (Å²) in [6, 6.07) is 0. The van der Waals surface area contributed by atoms with E-state index in [0.29, 0.717) is 18.8 Å². The minimum absolute atomic E-state index is 0.0645. The Labute approximate surface area is 169 Å². The van der Waals surface area contributed by atoms with Crippen molar-refractivity contribution in [2.24, 2.45) is 0 Å². The van der Waals surface area contributed by atoms with Gasteiger partial charge in [0.25, 0.3) is 0 Å². The molecule has 0 N–H and O–H groups in total. The van der Waals surface area contributed by atoms with Crippen molar-refractivity contribution in [3.05, 3.63) is 12.2 Å². The summed E-state index contributed by atoms with van der Waals surface area (Å²) in [4.78, 5) is 11.3. The van der Waals surface area contributed by atoms with Crippen LogP contribution in [0.2, 0.25) is 0 Å². The Balaban J connectivity index is 3.11. The zero-order valence-corrected chi connectivity index (χ0v) is 18.2. The molecule has 0 atom stereocenters. The number of hydrogen-bond donors (Lipinski definition) is 1. The summed E-state index contributed by atoms with van der Waals surface area (Å²) in [5.41, 5.74) is 0. The van der Waals surface area contributed by atoms with E-state index in [2.05, 4.69) is 31.7 Å². The number of esters is 1. The molecule has 0 aliphatic heterocycles. The van der Waals surface area contributed by atoms with Crippen molar-refractivity contribution < 1.29 is 9.53 Å². The minimum atomic E-state index is -0.0645. The van der Waals surface area contributed by atoms with Crippen molar-refractivity contribution >= 4 is 18.6 Å². The molecule has 0 aliphatic rings. The first-order valence-corrected chi connectivity index (χ1v) is 11.9. The largest absolute Gasteiger partial charge is 0.465 e. The Morgan fingerprint density at radius 1 is 0.731 bits per heavy atom. The summed E-state index contributed by atoms with van der Waals surface area (Å²) in [6.07, 6.45) is 26.3. The molecule has 154 valence electrons. The Kier molecular flexibility index (Phi) is 22.2. The Morgan fingerprint density at radius 3 is 1.69 bits per heavy atom. The molecule has 0 aliphatic carbocycles. The van der Waals surface area contributed by atoms with Gasteiger partial charge in [-0.2, -0.15) is 12.6 Å². The van der Waals surface area contributed by atoms with Gasteiger partial charge in [-0.15, -0.1) is 0 Å². The van der Waals surface area contributed by atoms with Crippen molar-refractivity contribution in [2.75, 3.05) is 12.4 Å². The second kappa shape index (κ2) is 22.6. The first-order chi connectivity index (χ1) is 12.8. The topological polar surface area (TPSA) is 26.3 Å². The van der Waals surface area contributed by atoms with Crippen molar-refractivity contribution in [1.29, 1.82) is 0 Å². The molecule has 26 heavy (non-hydrogen) atoms. The van der Waals surface area contributed by atoms with Crippen LogP contribution in [0.4, 0.5) is 0 Å². The van der Waals surface area contributed by atoms with Crippen molar-refractivity contribution in [3.63, 3.8) is 0 Å². The number of allylic oxidation sites excluding steroid dienone is 2. The van der Waals surface area contributed by atoms with Gasteiger partial charge in [0.15, 0.2) is 0 Å². The van der Waals surface area contributed by atoms with E-state index < -0.39 is 0 Å². The van der Waals surface area contributed by atoms with Crippen LogP contribution in [0.25, 0.3) is 0 Å². The maximum absolute atomic E-state index is 11.3. The number of thiol groups is 1. The quantitative estimate of drug-likeness (QED) is 0.101. The Hall–Kier alpha value is -0.440. The van der Waals surface area contributed by atoms with Gasteiger partial charge in [0.05, 0.1) is 0 Å². The zero-order valence-electron chi connectivity index (χ0n) is 17.4. The maximum Gasteiger partial charge on any atom is 0.305 e. The smallest absolute Gasteiger partial charge is 0.305 e. The van der Waals surface area contributed by atoms with Gasteiger partial charge < -0.3 is 4.74 Å². The number of hydrogen-bond acceptors (Lipinski definition) is 3. The molecule has 0 radical (unpaired) electrons. The highest BCUT2D eigenvalue weighted by molar-refractivity contribution is 7.80. The average Bonchev–Trinajstić information content (AvgIpc) is 2.65. The second-order valence-electron chi connectivity index (χ2n) is 7.34. The number of ether oxygens (including phenoxy) is 1. The van der Waals surface area contributed by atoms with E-state index in [1.807, 2.05) is 0 Å². The molecule has 0 fully saturated rings. The molecule has 0 heterocycles. The molecule has 0 amide bonds. The van der Waals surface area contributed by atoms with Gasteiger partial charge in [0, 0.05) is 12.2 Å². The second-order valence-corrected chi connectivity index (χ2v) is 7.79. The predicted molar refractivity (Wildman–Crippen MR) is 118 cm³/mol. The number of carbonyl (C=O) groups excluding carboxylic acids is 1. The summed E-state index contributed by atoms with van der Waals surface area (Å²) in [5.74, 6) is 0.548. The van der Waals surface area contributed by atoms with Gasteiger partial charge in [0.2, 0.25) is 0 Å². The lowest BCUT2D eigenvalue weighted by molar-refractivity contribution is -0.143. The predicted octanol–water partition coefficient (Wildman–Crippen LogP) is 7.67. The van der Waals surface area contributed by atoms with Crippen molar-refractivity contribution in [3.8, 4) is 0 Å². The van der Waals surface area contributed by atoms with E-state index in [9.17, 15) is 4.79 Å². The van der Waals surface area contributed by atoms with Crippen LogP contribution in [0.5, 0.6) is 0 Å². The van der Waals surface area contributed by atoms with Crippen LogP contribution in [-0.2, 0) is 9.53 Å². The molecule has 0 aromatic rings. The lowest BCUT2D eigenvalue weighted by Crippen LogP contribution is -2.06. The van der Waals surface area contributed by atoms with E-state index in [4.69, 9.17) is 4.74 Å². The lowest BCUT2D eigenvalue weighted by Gasteiger charge is -2.03. The molecule has 0 saturated carbocycles. The molecule has 0 bridgehead atoms. The van der Waals surface area contributed by atoms with Gasteiger partial charge in [-0.25, -0.2) is 0 Å². The number of rotatable bonds is 20. The summed E-state index contributed by atoms with van der Waals surface area (Å²) in [5, 5.41) is 0. The van der Waals surface area contributed by atoms with E-state index >= 15 is 0 Å². The molecule has 3 heteroatoms. The van der Waals surface area contributed by atoms with Crippen molar-refractivity contribution in [2.45, 2.75) is 116 Å². The molecule has 0 saturated heterocycles. The summed E-state index contributed by atoms with van der Waals surface area (Å²) >= 11 is 4.03. The monoisotopic (exact) mass is 384 g/mol. The molecule has 0 aromatic heterocycles. The summed E-state index contributed by atoms with van der Waals surface area (Å²) in [7, 11) is 0. The highest BCUT2D eigenvalue weighted by atomic mass is 32.1. The fourth-order valence-electron chi connectivity index (χ4n) is 3.10. The number of unbranched alkanes of at least 4 members (excludes halogenated alkanes) is 14. The highest BCUT2D eigenvalue weighted by Gasteiger charge is 2.01. The summed E-state index contributed by atoms with van der Waals surface area (Å²) in [6.45, 7) is 2.71. The normalized spacial score (nSPS) is 11.3. The van der Waals surface area contributed by atoms with Crippen LogP contribution in [0.1, 0.15) is 116 Å². The third-order valence-corrected chi connectivity index (χ3v) is 4.93. The fraction of sp³-hybridized carbons (Fsp3) is 0.870.